The van der Waals surface area contributed by atoms with Gasteiger partial charge in [0.2, 0.25) is 5.91 Å². The third-order valence-corrected chi connectivity index (χ3v) is 5.33. The number of aromatic nitrogens is 2. The van der Waals surface area contributed by atoms with Crippen LogP contribution in [0.25, 0.3) is 0 Å². The maximum absolute atomic E-state index is 12.4. The second-order valence-electron chi connectivity index (χ2n) is 7.36. The van der Waals surface area contributed by atoms with Crippen molar-refractivity contribution in [1.29, 1.82) is 0 Å². The first-order valence-corrected chi connectivity index (χ1v) is 8.99. The van der Waals surface area contributed by atoms with Crippen molar-refractivity contribution in [2.45, 2.75) is 45.6 Å². The van der Waals surface area contributed by atoms with Crippen LogP contribution < -0.4 is 0 Å². The van der Waals surface area contributed by atoms with Crippen molar-refractivity contribution in [2.75, 3.05) is 26.2 Å². The fraction of sp³-hybridized carbons (Fsp3) is 0.632. The number of likely N-dealkylation sites (tertiary alicyclic amines) is 2. The summed E-state index contributed by atoms with van der Waals surface area (Å²) in [5.74, 6) is 0.256. The van der Waals surface area contributed by atoms with Crippen LogP contribution >= 0.6 is 0 Å². The topological polar surface area (TPSA) is 49.3 Å². The number of carbonyl (C=O) groups excluding carboxylic acids is 1. The second-order valence-corrected chi connectivity index (χ2v) is 7.36. The van der Waals surface area contributed by atoms with Gasteiger partial charge in [-0.15, -0.1) is 6.58 Å². The highest BCUT2D eigenvalue weighted by molar-refractivity contribution is 5.77. The van der Waals surface area contributed by atoms with E-state index in [1.165, 1.54) is 19.4 Å². The standard InChI is InChI=1S/C19H28N4O/c1-3-4-9-22-10-5-7-19(14-22)8-6-18(24)23(15-19)13-17-12-20-16(2)11-21-17/h3,11-12H,1,4-10,13-15H2,2H3/t19-/m0/s1. The van der Waals surface area contributed by atoms with Crippen molar-refractivity contribution in [3.05, 3.63) is 36.4 Å². The Morgan fingerprint density at radius 1 is 1.29 bits per heavy atom. The van der Waals surface area contributed by atoms with Gasteiger partial charge in [-0.3, -0.25) is 14.8 Å². The highest BCUT2D eigenvalue weighted by Gasteiger charge is 2.41. The van der Waals surface area contributed by atoms with Crippen LogP contribution in [0.2, 0.25) is 0 Å². The molecule has 2 saturated heterocycles. The summed E-state index contributed by atoms with van der Waals surface area (Å²) in [6.45, 7) is 10.6. The van der Waals surface area contributed by atoms with Gasteiger partial charge in [0.1, 0.15) is 0 Å². The summed E-state index contributed by atoms with van der Waals surface area (Å²) in [6.07, 6.45) is 10.7. The summed E-state index contributed by atoms with van der Waals surface area (Å²) in [5.41, 5.74) is 2.04. The molecule has 130 valence electrons. The lowest BCUT2D eigenvalue weighted by Crippen LogP contribution is -2.53. The SMILES string of the molecule is C=CCCN1CCC[C@]2(CCC(=O)N(Cc3cnc(C)cn3)C2)C1. The Hall–Kier alpha value is -1.75. The molecule has 0 N–H and O–H groups in total. The predicted octanol–water partition coefficient (Wildman–Crippen LogP) is 2.57. The number of piperidine rings is 2. The zero-order valence-electron chi connectivity index (χ0n) is 14.7. The highest BCUT2D eigenvalue weighted by atomic mass is 16.2. The van der Waals surface area contributed by atoms with Gasteiger partial charge in [0.15, 0.2) is 0 Å². The molecule has 0 unspecified atom stereocenters. The molecule has 0 aromatic carbocycles. The summed E-state index contributed by atoms with van der Waals surface area (Å²) in [4.78, 5) is 25.7. The first-order chi connectivity index (χ1) is 11.6. The Bertz CT molecular complexity index is 586. The van der Waals surface area contributed by atoms with Crippen LogP contribution in [0.4, 0.5) is 0 Å². The molecule has 5 heteroatoms. The van der Waals surface area contributed by atoms with E-state index in [1.807, 2.05) is 17.9 Å². The van der Waals surface area contributed by atoms with Crippen LogP contribution in [-0.2, 0) is 11.3 Å². The molecule has 3 heterocycles. The van der Waals surface area contributed by atoms with Gasteiger partial charge in [-0.25, -0.2) is 0 Å². The van der Waals surface area contributed by atoms with E-state index in [-0.39, 0.29) is 11.3 Å². The molecule has 24 heavy (non-hydrogen) atoms. The third-order valence-electron chi connectivity index (χ3n) is 5.33. The summed E-state index contributed by atoms with van der Waals surface area (Å²) >= 11 is 0. The van der Waals surface area contributed by atoms with Crippen molar-refractivity contribution in [3.8, 4) is 0 Å². The third kappa shape index (κ3) is 4.01. The zero-order valence-corrected chi connectivity index (χ0v) is 14.7. The normalized spacial score (nSPS) is 25.2. The van der Waals surface area contributed by atoms with E-state index in [2.05, 4.69) is 21.4 Å². The lowest BCUT2D eigenvalue weighted by Gasteiger charge is -2.48. The minimum Gasteiger partial charge on any atom is -0.336 e. The highest BCUT2D eigenvalue weighted by Crippen LogP contribution is 2.39. The van der Waals surface area contributed by atoms with Crippen LogP contribution in [0.3, 0.4) is 0 Å². The van der Waals surface area contributed by atoms with Gasteiger partial charge in [-0.2, -0.15) is 0 Å². The van der Waals surface area contributed by atoms with Crippen molar-refractivity contribution < 1.29 is 4.79 Å². The predicted molar refractivity (Wildman–Crippen MR) is 94.3 cm³/mol. The lowest BCUT2D eigenvalue weighted by atomic mass is 9.73. The van der Waals surface area contributed by atoms with Gasteiger partial charge in [-0.1, -0.05) is 6.08 Å². The van der Waals surface area contributed by atoms with Crippen molar-refractivity contribution >= 4 is 5.91 Å². The maximum atomic E-state index is 12.4. The van der Waals surface area contributed by atoms with Crippen LogP contribution in [0.1, 0.15) is 43.5 Å². The molecule has 0 aliphatic carbocycles. The smallest absolute Gasteiger partial charge is 0.222 e. The molecule has 0 radical (unpaired) electrons. The largest absolute Gasteiger partial charge is 0.336 e. The van der Waals surface area contributed by atoms with E-state index in [9.17, 15) is 4.79 Å². The molecular weight excluding hydrogens is 300 g/mol. The van der Waals surface area contributed by atoms with E-state index < -0.39 is 0 Å². The van der Waals surface area contributed by atoms with Crippen LogP contribution in [-0.4, -0.2) is 51.9 Å². The van der Waals surface area contributed by atoms with E-state index >= 15 is 0 Å². The van der Waals surface area contributed by atoms with Gasteiger partial charge < -0.3 is 9.80 Å². The van der Waals surface area contributed by atoms with Gasteiger partial charge >= 0.3 is 0 Å². The average molecular weight is 328 g/mol. The fourth-order valence-electron chi connectivity index (χ4n) is 4.05. The van der Waals surface area contributed by atoms with Gasteiger partial charge in [0, 0.05) is 37.7 Å². The molecular formula is C19H28N4O. The molecule has 1 spiro atoms. The Balaban J connectivity index is 1.66. The minimum atomic E-state index is 0.255. The molecule has 5 nitrogen and oxygen atoms in total. The lowest BCUT2D eigenvalue weighted by molar-refractivity contribution is -0.140. The molecule has 1 aromatic rings. The molecule has 3 rings (SSSR count). The van der Waals surface area contributed by atoms with E-state index in [4.69, 9.17) is 0 Å². The van der Waals surface area contributed by atoms with Gasteiger partial charge in [0.25, 0.3) is 0 Å². The van der Waals surface area contributed by atoms with Gasteiger partial charge in [0.05, 0.1) is 24.1 Å². The first kappa shape index (κ1) is 17.1. The number of amides is 1. The second kappa shape index (κ2) is 7.43. The van der Waals surface area contributed by atoms with Crippen LogP contribution in [0.15, 0.2) is 25.0 Å². The number of aryl methyl sites for hydroxylation is 1. The Labute approximate surface area is 144 Å². The van der Waals surface area contributed by atoms with E-state index in [0.717, 1.165) is 43.9 Å². The first-order valence-electron chi connectivity index (χ1n) is 8.99. The van der Waals surface area contributed by atoms with Gasteiger partial charge in [-0.05, 0) is 39.2 Å². The summed E-state index contributed by atoms with van der Waals surface area (Å²) < 4.78 is 0. The van der Waals surface area contributed by atoms with Crippen molar-refractivity contribution in [1.82, 2.24) is 19.8 Å². The number of hydrogen-bond donors (Lipinski definition) is 0. The Morgan fingerprint density at radius 3 is 2.92 bits per heavy atom. The molecule has 2 aliphatic rings. The molecule has 0 bridgehead atoms. The number of nitrogens with zero attached hydrogens (tertiary/aromatic N) is 4. The van der Waals surface area contributed by atoms with Crippen molar-refractivity contribution in [3.63, 3.8) is 0 Å². The fourth-order valence-corrected chi connectivity index (χ4v) is 4.05. The molecule has 1 amide bonds. The molecule has 2 aliphatic heterocycles. The Morgan fingerprint density at radius 2 is 2.17 bits per heavy atom. The maximum Gasteiger partial charge on any atom is 0.222 e. The summed E-state index contributed by atoms with van der Waals surface area (Å²) in [7, 11) is 0. The monoisotopic (exact) mass is 328 g/mol. The van der Waals surface area contributed by atoms with Crippen LogP contribution in [0.5, 0.6) is 0 Å². The number of hydrogen-bond acceptors (Lipinski definition) is 4. The molecule has 1 aromatic heterocycles. The average Bonchev–Trinajstić information content (AvgIpc) is 2.59. The van der Waals surface area contributed by atoms with Crippen molar-refractivity contribution in [2.24, 2.45) is 5.41 Å². The minimum absolute atomic E-state index is 0.255. The Kier molecular flexibility index (Phi) is 5.29. The number of carbonyl (C=O) groups is 1. The quantitative estimate of drug-likeness (QED) is 0.780. The molecule has 1 atom stereocenters. The molecule has 2 fully saturated rings. The summed E-state index contributed by atoms with van der Waals surface area (Å²) in [5, 5.41) is 0. The van der Waals surface area contributed by atoms with E-state index in [1.54, 1.807) is 12.4 Å². The van der Waals surface area contributed by atoms with Crippen LogP contribution in [0, 0.1) is 12.3 Å². The molecule has 0 saturated carbocycles. The zero-order chi connectivity index (χ0) is 17.0. The summed E-state index contributed by atoms with van der Waals surface area (Å²) in [6, 6.07) is 0. The number of rotatable bonds is 5. The van der Waals surface area contributed by atoms with E-state index in [0.29, 0.717) is 13.0 Å².